The SMILES string of the molecule is CC(C)c1ccc2c(Nc3cc(NC(=O)c4ccccn4)ccc3Oc3ccc(N)cc3)ncnc2n1. The molecule has 37 heavy (non-hydrogen) atoms. The average molecular weight is 492 g/mol. The average Bonchev–Trinajstić information content (AvgIpc) is 2.91. The number of nitrogen functional groups attached to an aromatic ring is 1. The van der Waals surface area contributed by atoms with Crippen LogP contribution in [0.4, 0.5) is 22.9 Å². The lowest BCUT2D eigenvalue weighted by molar-refractivity contribution is 0.102. The molecule has 0 bridgehead atoms. The monoisotopic (exact) mass is 491 g/mol. The largest absolute Gasteiger partial charge is 0.455 e. The summed E-state index contributed by atoms with van der Waals surface area (Å²) in [7, 11) is 0. The summed E-state index contributed by atoms with van der Waals surface area (Å²) in [5.74, 6) is 1.65. The van der Waals surface area contributed by atoms with Crippen LogP contribution in [-0.4, -0.2) is 25.8 Å². The molecule has 4 N–H and O–H groups in total. The maximum Gasteiger partial charge on any atom is 0.274 e. The molecule has 2 aromatic carbocycles. The van der Waals surface area contributed by atoms with E-state index in [1.165, 1.54) is 6.33 Å². The van der Waals surface area contributed by atoms with E-state index in [9.17, 15) is 4.79 Å². The van der Waals surface area contributed by atoms with E-state index in [1.54, 1.807) is 66.9 Å². The molecule has 9 nitrogen and oxygen atoms in total. The number of carbonyl (C=O) groups is 1. The van der Waals surface area contributed by atoms with Gasteiger partial charge in [-0.25, -0.2) is 15.0 Å². The second kappa shape index (κ2) is 10.3. The molecule has 0 saturated heterocycles. The number of anilines is 4. The lowest BCUT2D eigenvalue weighted by Crippen LogP contribution is -2.13. The van der Waals surface area contributed by atoms with Crippen molar-refractivity contribution in [2.24, 2.45) is 0 Å². The highest BCUT2D eigenvalue weighted by Gasteiger charge is 2.14. The number of benzene rings is 2. The quantitative estimate of drug-likeness (QED) is 0.240. The number of amides is 1. The molecule has 1 amide bonds. The summed E-state index contributed by atoms with van der Waals surface area (Å²) in [5, 5.41) is 6.98. The van der Waals surface area contributed by atoms with Gasteiger partial charge in [0.1, 0.15) is 23.6 Å². The topological polar surface area (TPSA) is 128 Å². The fraction of sp³-hybridized carbons (Fsp3) is 0.107. The Labute approximate surface area is 213 Å². The molecular formula is C28H25N7O2. The molecule has 3 aromatic heterocycles. The van der Waals surface area contributed by atoms with Gasteiger partial charge in [0, 0.05) is 23.3 Å². The van der Waals surface area contributed by atoms with Crippen LogP contribution in [0.2, 0.25) is 0 Å². The number of nitrogens with two attached hydrogens (primary N) is 1. The number of fused-ring (bicyclic) bond motifs is 1. The molecule has 0 saturated carbocycles. The zero-order valence-electron chi connectivity index (χ0n) is 20.3. The standard InChI is InChI=1S/C28H25N7O2/c1-17(2)22-12-11-21-26(34-22)31-16-32-27(21)35-24-15-19(33-28(36)23-5-3-4-14-30-23)8-13-25(24)37-20-9-6-18(29)7-10-20/h3-17H,29H2,1-2H3,(H,33,36)(H,31,32,34,35). The Morgan fingerprint density at radius 1 is 0.946 bits per heavy atom. The van der Waals surface area contributed by atoms with Crippen molar-refractivity contribution in [2.75, 3.05) is 16.4 Å². The van der Waals surface area contributed by atoms with Crippen LogP contribution in [0.5, 0.6) is 11.5 Å². The van der Waals surface area contributed by atoms with E-state index in [0.717, 1.165) is 11.1 Å². The zero-order chi connectivity index (χ0) is 25.8. The van der Waals surface area contributed by atoms with Gasteiger partial charge in [0.05, 0.1) is 11.1 Å². The van der Waals surface area contributed by atoms with Crippen molar-refractivity contribution >= 4 is 39.8 Å². The van der Waals surface area contributed by atoms with E-state index >= 15 is 0 Å². The van der Waals surface area contributed by atoms with Crippen molar-refractivity contribution in [3.63, 3.8) is 0 Å². The van der Waals surface area contributed by atoms with E-state index < -0.39 is 0 Å². The number of rotatable bonds is 7. The first kappa shape index (κ1) is 23.7. The maximum absolute atomic E-state index is 12.7. The molecule has 5 rings (SSSR count). The molecule has 0 aliphatic rings. The third kappa shape index (κ3) is 5.46. The molecule has 0 unspecified atom stereocenters. The number of carbonyl (C=O) groups excluding carboxylic acids is 1. The van der Waals surface area contributed by atoms with Crippen LogP contribution in [0, 0.1) is 0 Å². The second-order valence-electron chi connectivity index (χ2n) is 8.66. The summed E-state index contributed by atoms with van der Waals surface area (Å²) in [6, 6.07) is 21.5. The van der Waals surface area contributed by atoms with Crippen LogP contribution in [0.1, 0.15) is 35.9 Å². The van der Waals surface area contributed by atoms with E-state index in [2.05, 4.69) is 44.4 Å². The van der Waals surface area contributed by atoms with Gasteiger partial charge in [-0.2, -0.15) is 0 Å². The molecule has 9 heteroatoms. The molecular weight excluding hydrogens is 466 g/mol. The number of pyridine rings is 2. The summed E-state index contributed by atoms with van der Waals surface area (Å²) in [4.78, 5) is 30.3. The molecule has 5 aromatic rings. The first-order chi connectivity index (χ1) is 18.0. The summed E-state index contributed by atoms with van der Waals surface area (Å²) in [6.07, 6.45) is 3.04. The molecule has 0 fully saturated rings. The lowest BCUT2D eigenvalue weighted by atomic mass is 10.1. The van der Waals surface area contributed by atoms with E-state index in [4.69, 9.17) is 10.5 Å². The number of ether oxygens (including phenoxy) is 1. The fourth-order valence-electron chi connectivity index (χ4n) is 3.66. The van der Waals surface area contributed by atoms with Crippen molar-refractivity contribution in [3.8, 4) is 11.5 Å². The molecule has 0 atom stereocenters. The Bertz CT molecular complexity index is 1550. The first-order valence-electron chi connectivity index (χ1n) is 11.7. The number of nitrogens with zero attached hydrogens (tertiary/aromatic N) is 4. The fourth-order valence-corrected chi connectivity index (χ4v) is 3.66. The Morgan fingerprint density at radius 2 is 1.78 bits per heavy atom. The molecule has 0 aliphatic heterocycles. The van der Waals surface area contributed by atoms with E-state index in [-0.39, 0.29) is 11.8 Å². The predicted molar refractivity (Wildman–Crippen MR) is 144 cm³/mol. The van der Waals surface area contributed by atoms with Crippen LogP contribution in [0.15, 0.2) is 85.3 Å². The van der Waals surface area contributed by atoms with Gasteiger partial charge in [-0.05, 0) is 72.6 Å². The first-order valence-corrected chi connectivity index (χ1v) is 11.7. The van der Waals surface area contributed by atoms with Crippen LogP contribution in [-0.2, 0) is 0 Å². The minimum Gasteiger partial charge on any atom is -0.455 e. The Balaban J connectivity index is 1.51. The van der Waals surface area contributed by atoms with Crippen LogP contribution in [0.25, 0.3) is 11.0 Å². The van der Waals surface area contributed by atoms with Gasteiger partial charge < -0.3 is 21.1 Å². The van der Waals surface area contributed by atoms with Crippen LogP contribution < -0.4 is 21.1 Å². The Morgan fingerprint density at radius 3 is 2.54 bits per heavy atom. The summed E-state index contributed by atoms with van der Waals surface area (Å²) in [5.41, 5.74) is 9.44. The number of hydrogen-bond donors (Lipinski definition) is 3. The molecule has 3 heterocycles. The zero-order valence-corrected chi connectivity index (χ0v) is 20.3. The van der Waals surface area contributed by atoms with Crippen molar-refractivity contribution in [3.05, 3.63) is 96.7 Å². The lowest BCUT2D eigenvalue weighted by Gasteiger charge is -2.16. The smallest absolute Gasteiger partial charge is 0.274 e. The second-order valence-corrected chi connectivity index (χ2v) is 8.66. The van der Waals surface area contributed by atoms with E-state index in [1.807, 2.05) is 12.1 Å². The van der Waals surface area contributed by atoms with Crippen molar-refractivity contribution in [2.45, 2.75) is 19.8 Å². The van der Waals surface area contributed by atoms with Crippen molar-refractivity contribution < 1.29 is 9.53 Å². The Kier molecular flexibility index (Phi) is 6.58. The van der Waals surface area contributed by atoms with Crippen LogP contribution >= 0.6 is 0 Å². The van der Waals surface area contributed by atoms with Gasteiger partial charge in [-0.15, -0.1) is 0 Å². The van der Waals surface area contributed by atoms with Crippen molar-refractivity contribution in [1.29, 1.82) is 0 Å². The molecule has 0 radical (unpaired) electrons. The molecule has 0 spiro atoms. The third-order valence-corrected chi connectivity index (χ3v) is 5.61. The van der Waals surface area contributed by atoms with Gasteiger partial charge in [0.15, 0.2) is 11.4 Å². The number of hydrogen-bond acceptors (Lipinski definition) is 8. The van der Waals surface area contributed by atoms with Gasteiger partial charge in [-0.3, -0.25) is 9.78 Å². The molecule has 0 aliphatic carbocycles. The van der Waals surface area contributed by atoms with E-state index in [0.29, 0.717) is 45.7 Å². The summed E-state index contributed by atoms with van der Waals surface area (Å²) in [6.45, 7) is 4.17. The summed E-state index contributed by atoms with van der Waals surface area (Å²) < 4.78 is 6.14. The van der Waals surface area contributed by atoms with Gasteiger partial charge in [0.25, 0.3) is 5.91 Å². The molecule has 184 valence electrons. The maximum atomic E-state index is 12.7. The highest BCUT2D eigenvalue weighted by Crippen LogP contribution is 2.35. The number of nitrogens with one attached hydrogen (secondary N) is 2. The number of aromatic nitrogens is 4. The van der Waals surface area contributed by atoms with Gasteiger partial charge >= 0.3 is 0 Å². The minimum atomic E-state index is -0.323. The third-order valence-electron chi connectivity index (χ3n) is 5.61. The highest BCUT2D eigenvalue weighted by atomic mass is 16.5. The normalized spacial score (nSPS) is 10.9. The Hall–Kier alpha value is -5.05. The van der Waals surface area contributed by atoms with Gasteiger partial charge in [-0.1, -0.05) is 19.9 Å². The predicted octanol–water partition coefficient (Wildman–Crippen LogP) is 5.91. The van der Waals surface area contributed by atoms with Crippen molar-refractivity contribution in [1.82, 2.24) is 19.9 Å². The summed E-state index contributed by atoms with van der Waals surface area (Å²) >= 11 is 0. The minimum absolute atomic E-state index is 0.273. The van der Waals surface area contributed by atoms with Gasteiger partial charge in [0.2, 0.25) is 0 Å². The van der Waals surface area contributed by atoms with Crippen LogP contribution in [0.3, 0.4) is 0 Å². The highest BCUT2D eigenvalue weighted by molar-refractivity contribution is 6.03.